The number of hydrogen-bond donors (Lipinski definition) is 1. The number of rotatable bonds is 4. The molecule has 7 aromatic carbocycles. The Morgan fingerprint density at radius 1 is 0.297 bits per heavy atom. The summed E-state index contributed by atoms with van der Waals surface area (Å²) in [5.74, 6) is 0. The molecule has 0 saturated carbocycles. The minimum atomic E-state index is 1.07. The average Bonchev–Trinajstić information content (AvgIpc) is 2.98. The molecule has 0 fully saturated rings. The van der Waals surface area contributed by atoms with Gasteiger partial charge in [0.15, 0.2) is 0 Å². The SMILES string of the molecule is c1ccc(-c2ccc(Nc3ccc4c5ccccc5c5ccccc5c4c3)cc2-c2ccccc2)cc1. The molecular formula is C36H25N. The highest BCUT2D eigenvalue weighted by molar-refractivity contribution is 6.25. The van der Waals surface area contributed by atoms with Crippen LogP contribution in [0.2, 0.25) is 0 Å². The summed E-state index contributed by atoms with van der Waals surface area (Å²) < 4.78 is 0. The standard InChI is InChI=1S/C36H25N/c1-3-11-25(12-4-1)29-21-19-27(23-35(29)26-13-5-2-6-14-26)37-28-20-22-34-32-17-8-7-15-30(32)31-16-9-10-18-33(31)36(34)24-28/h1-24,37H. The van der Waals surface area contributed by atoms with Crippen molar-refractivity contribution in [2.75, 3.05) is 5.32 Å². The molecule has 0 aromatic heterocycles. The van der Waals surface area contributed by atoms with Gasteiger partial charge < -0.3 is 5.32 Å². The van der Waals surface area contributed by atoms with E-state index < -0.39 is 0 Å². The molecule has 0 atom stereocenters. The molecule has 0 spiro atoms. The van der Waals surface area contributed by atoms with Crippen molar-refractivity contribution in [1.82, 2.24) is 0 Å². The molecule has 0 aliphatic rings. The highest BCUT2D eigenvalue weighted by atomic mass is 14.9. The number of hydrogen-bond acceptors (Lipinski definition) is 1. The van der Waals surface area contributed by atoms with Crippen LogP contribution in [-0.4, -0.2) is 0 Å². The third-order valence-electron chi connectivity index (χ3n) is 7.22. The molecule has 0 unspecified atom stereocenters. The van der Waals surface area contributed by atoms with E-state index >= 15 is 0 Å². The zero-order chi connectivity index (χ0) is 24.6. The second-order valence-electron chi connectivity index (χ2n) is 9.47. The van der Waals surface area contributed by atoms with Gasteiger partial charge in [-0.15, -0.1) is 0 Å². The summed E-state index contributed by atoms with van der Waals surface area (Å²) in [4.78, 5) is 0. The van der Waals surface area contributed by atoms with Crippen LogP contribution < -0.4 is 5.32 Å². The lowest BCUT2D eigenvalue weighted by atomic mass is 9.93. The van der Waals surface area contributed by atoms with Crippen molar-refractivity contribution in [3.8, 4) is 22.3 Å². The molecule has 174 valence electrons. The lowest BCUT2D eigenvalue weighted by molar-refractivity contribution is 1.54. The van der Waals surface area contributed by atoms with Crippen molar-refractivity contribution in [1.29, 1.82) is 0 Å². The summed E-state index contributed by atoms with van der Waals surface area (Å²) >= 11 is 0. The Hall–Kier alpha value is -4.88. The molecule has 1 heteroatoms. The fourth-order valence-electron chi connectivity index (χ4n) is 5.50. The Balaban J connectivity index is 1.36. The van der Waals surface area contributed by atoms with E-state index in [1.807, 2.05) is 0 Å². The lowest BCUT2D eigenvalue weighted by Gasteiger charge is -2.15. The Labute approximate surface area is 216 Å². The summed E-state index contributed by atoms with van der Waals surface area (Å²) in [5.41, 5.74) is 7.03. The van der Waals surface area contributed by atoms with Crippen LogP contribution in [0.4, 0.5) is 11.4 Å². The Bertz CT molecular complexity index is 1850. The lowest BCUT2D eigenvalue weighted by Crippen LogP contribution is -1.93. The molecule has 0 heterocycles. The normalized spacial score (nSPS) is 11.2. The van der Waals surface area contributed by atoms with Crippen LogP contribution in [0.3, 0.4) is 0 Å². The first kappa shape index (κ1) is 21.4. The van der Waals surface area contributed by atoms with Gasteiger partial charge in [-0.1, -0.05) is 121 Å². The highest BCUT2D eigenvalue weighted by Crippen LogP contribution is 2.38. The van der Waals surface area contributed by atoms with Gasteiger partial charge in [-0.05, 0) is 78.8 Å². The monoisotopic (exact) mass is 471 g/mol. The summed E-state index contributed by atoms with van der Waals surface area (Å²) in [7, 11) is 0. The first-order chi connectivity index (χ1) is 18.3. The van der Waals surface area contributed by atoms with Gasteiger partial charge in [0.25, 0.3) is 0 Å². The predicted octanol–water partition coefficient (Wildman–Crippen LogP) is 10.2. The third kappa shape index (κ3) is 3.82. The van der Waals surface area contributed by atoms with E-state index in [9.17, 15) is 0 Å². The fraction of sp³-hybridized carbons (Fsp3) is 0. The number of nitrogens with one attached hydrogen (secondary N) is 1. The topological polar surface area (TPSA) is 12.0 Å². The Morgan fingerprint density at radius 2 is 0.730 bits per heavy atom. The second kappa shape index (κ2) is 8.96. The molecule has 1 N–H and O–H groups in total. The van der Waals surface area contributed by atoms with Crippen LogP contribution in [0.15, 0.2) is 146 Å². The third-order valence-corrected chi connectivity index (χ3v) is 7.22. The highest BCUT2D eigenvalue weighted by Gasteiger charge is 2.11. The fourth-order valence-corrected chi connectivity index (χ4v) is 5.50. The van der Waals surface area contributed by atoms with Crippen LogP contribution in [0.5, 0.6) is 0 Å². The van der Waals surface area contributed by atoms with E-state index in [0.717, 1.165) is 11.4 Å². The number of fused-ring (bicyclic) bond motifs is 6. The molecule has 7 rings (SSSR count). The molecule has 0 radical (unpaired) electrons. The summed E-state index contributed by atoms with van der Waals surface area (Å²) in [6.45, 7) is 0. The van der Waals surface area contributed by atoms with Crippen molar-refractivity contribution in [2.24, 2.45) is 0 Å². The van der Waals surface area contributed by atoms with Gasteiger partial charge in [0.05, 0.1) is 0 Å². The van der Waals surface area contributed by atoms with Gasteiger partial charge in [0.2, 0.25) is 0 Å². The first-order valence-electron chi connectivity index (χ1n) is 12.7. The van der Waals surface area contributed by atoms with Gasteiger partial charge in [0, 0.05) is 11.4 Å². The quantitative estimate of drug-likeness (QED) is 0.252. The summed E-state index contributed by atoms with van der Waals surface area (Å²) in [5, 5.41) is 11.4. The van der Waals surface area contributed by atoms with Gasteiger partial charge in [-0.2, -0.15) is 0 Å². The van der Waals surface area contributed by atoms with Gasteiger partial charge in [0.1, 0.15) is 0 Å². The zero-order valence-corrected chi connectivity index (χ0v) is 20.4. The number of benzene rings is 7. The summed E-state index contributed by atoms with van der Waals surface area (Å²) in [6.07, 6.45) is 0. The van der Waals surface area contributed by atoms with Crippen LogP contribution >= 0.6 is 0 Å². The van der Waals surface area contributed by atoms with Crippen molar-refractivity contribution < 1.29 is 0 Å². The molecule has 0 aliphatic heterocycles. The van der Waals surface area contributed by atoms with E-state index in [1.54, 1.807) is 0 Å². The molecule has 37 heavy (non-hydrogen) atoms. The van der Waals surface area contributed by atoms with Crippen LogP contribution in [0.25, 0.3) is 54.6 Å². The molecule has 0 aliphatic carbocycles. The van der Waals surface area contributed by atoms with Crippen molar-refractivity contribution in [3.05, 3.63) is 146 Å². The maximum Gasteiger partial charge on any atom is 0.0390 e. The van der Waals surface area contributed by atoms with E-state index in [0.29, 0.717) is 0 Å². The molecule has 7 aromatic rings. The minimum absolute atomic E-state index is 1.07. The van der Waals surface area contributed by atoms with E-state index in [1.165, 1.54) is 54.6 Å². The Morgan fingerprint density at radius 3 is 1.32 bits per heavy atom. The van der Waals surface area contributed by atoms with Crippen molar-refractivity contribution in [2.45, 2.75) is 0 Å². The maximum absolute atomic E-state index is 3.70. The average molecular weight is 472 g/mol. The molecule has 1 nitrogen and oxygen atoms in total. The van der Waals surface area contributed by atoms with Crippen LogP contribution in [0.1, 0.15) is 0 Å². The van der Waals surface area contributed by atoms with E-state index in [4.69, 9.17) is 0 Å². The molecule has 0 saturated heterocycles. The van der Waals surface area contributed by atoms with E-state index in [2.05, 4.69) is 151 Å². The van der Waals surface area contributed by atoms with Crippen molar-refractivity contribution in [3.63, 3.8) is 0 Å². The Kier molecular flexibility index (Phi) is 5.19. The van der Waals surface area contributed by atoms with Crippen LogP contribution in [0, 0.1) is 0 Å². The smallest absolute Gasteiger partial charge is 0.0390 e. The minimum Gasteiger partial charge on any atom is -0.355 e. The van der Waals surface area contributed by atoms with Gasteiger partial charge >= 0.3 is 0 Å². The van der Waals surface area contributed by atoms with E-state index in [-0.39, 0.29) is 0 Å². The molecule has 0 amide bonds. The van der Waals surface area contributed by atoms with Crippen molar-refractivity contribution >= 4 is 43.7 Å². The van der Waals surface area contributed by atoms with Crippen LogP contribution in [-0.2, 0) is 0 Å². The van der Waals surface area contributed by atoms with Gasteiger partial charge in [-0.3, -0.25) is 0 Å². The predicted molar refractivity (Wildman–Crippen MR) is 160 cm³/mol. The number of anilines is 2. The summed E-state index contributed by atoms with van der Waals surface area (Å²) in [6, 6.07) is 52.1. The zero-order valence-electron chi connectivity index (χ0n) is 20.4. The van der Waals surface area contributed by atoms with Gasteiger partial charge in [-0.25, -0.2) is 0 Å². The first-order valence-corrected chi connectivity index (χ1v) is 12.7. The second-order valence-corrected chi connectivity index (χ2v) is 9.47. The maximum atomic E-state index is 3.70. The molecule has 0 bridgehead atoms. The molecular weight excluding hydrogens is 446 g/mol. The largest absolute Gasteiger partial charge is 0.355 e.